The van der Waals surface area contributed by atoms with Crippen molar-refractivity contribution in [1.82, 2.24) is 5.32 Å². The number of ether oxygens (including phenoxy) is 1. The van der Waals surface area contributed by atoms with E-state index in [4.69, 9.17) is 10.5 Å². The standard InChI is InChI=1S/C16H26N2O2/c1-5-10-18-16(4,15(17)19)11-13(3)20-14-8-6-12(2)7-9-14/h6-9,13,18H,5,10-11H2,1-4H3,(H2,17,19). The Morgan fingerprint density at radius 2 is 2.00 bits per heavy atom. The van der Waals surface area contributed by atoms with Crippen molar-refractivity contribution in [2.24, 2.45) is 5.73 Å². The SMILES string of the molecule is CCCNC(C)(CC(C)Oc1ccc(C)cc1)C(N)=O. The third-order valence-corrected chi connectivity index (χ3v) is 3.36. The Labute approximate surface area is 121 Å². The molecule has 1 rings (SSSR count). The molecule has 3 N–H and O–H groups in total. The van der Waals surface area contributed by atoms with Crippen molar-refractivity contribution < 1.29 is 9.53 Å². The van der Waals surface area contributed by atoms with Gasteiger partial charge >= 0.3 is 0 Å². The summed E-state index contributed by atoms with van der Waals surface area (Å²) in [7, 11) is 0. The summed E-state index contributed by atoms with van der Waals surface area (Å²) in [4.78, 5) is 11.7. The summed E-state index contributed by atoms with van der Waals surface area (Å²) in [6.07, 6.45) is 1.39. The third-order valence-electron chi connectivity index (χ3n) is 3.36. The first-order valence-electron chi connectivity index (χ1n) is 7.15. The van der Waals surface area contributed by atoms with E-state index in [1.165, 1.54) is 5.56 Å². The van der Waals surface area contributed by atoms with Gasteiger partial charge in [-0.2, -0.15) is 0 Å². The van der Waals surface area contributed by atoms with Gasteiger partial charge in [-0.15, -0.1) is 0 Å². The molecular weight excluding hydrogens is 252 g/mol. The van der Waals surface area contributed by atoms with Gasteiger partial charge in [0.25, 0.3) is 0 Å². The number of hydrogen-bond acceptors (Lipinski definition) is 3. The smallest absolute Gasteiger partial charge is 0.237 e. The zero-order valence-corrected chi connectivity index (χ0v) is 12.9. The first-order valence-corrected chi connectivity index (χ1v) is 7.15. The van der Waals surface area contributed by atoms with Crippen LogP contribution in [0.25, 0.3) is 0 Å². The summed E-state index contributed by atoms with van der Waals surface area (Å²) < 4.78 is 5.85. The van der Waals surface area contributed by atoms with Crippen LogP contribution >= 0.6 is 0 Å². The maximum absolute atomic E-state index is 11.7. The zero-order chi connectivity index (χ0) is 15.2. The highest BCUT2D eigenvalue weighted by Crippen LogP contribution is 2.19. The van der Waals surface area contributed by atoms with Gasteiger partial charge in [0, 0.05) is 6.42 Å². The highest BCUT2D eigenvalue weighted by molar-refractivity contribution is 5.84. The largest absolute Gasteiger partial charge is 0.491 e. The van der Waals surface area contributed by atoms with Crippen LogP contribution in [-0.4, -0.2) is 24.1 Å². The van der Waals surface area contributed by atoms with Gasteiger partial charge in [-0.3, -0.25) is 4.79 Å². The number of carbonyl (C=O) groups is 1. The molecule has 20 heavy (non-hydrogen) atoms. The van der Waals surface area contributed by atoms with Gasteiger partial charge < -0.3 is 15.8 Å². The van der Waals surface area contributed by atoms with Crippen molar-refractivity contribution in [1.29, 1.82) is 0 Å². The molecule has 2 unspecified atom stereocenters. The van der Waals surface area contributed by atoms with Gasteiger partial charge in [0.15, 0.2) is 0 Å². The van der Waals surface area contributed by atoms with Crippen molar-refractivity contribution >= 4 is 5.91 Å². The summed E-state index contributed by atoms with van der Waals surface area (Å²) in [6.45, 7) is 8.64. The molecule has 1 aromatic carbocycles. The van der Waals surface area contributed by atoms with E-state index in [2.05, 4.69) is 12.2 Å². The molecule has 4 nitrogen and oxygen atoms in total. The van der Waals surface area contributed by atoms with Crippen LogP contribution in [-0.2, 0) is 4.79 Å². The fourth-order valence-electron chi connectivity index (χ4n) is 2.13. The monoisotopic (exact) mass is 278 g/mol. The second-order valence-corrected chi connectivity index (χ2v) is 5.57. The van der Waals surface area contributed by atoms with E-state index in [-0.39, 0.29) is 12.0 Å². The van der Waals surface area contributed by atoms with Gasteiger partial charge in [0.05, 0.1) is 11.6 Å². The molecule has 0 bridgehead atoms. The number of primary amides is 1. The van der Waals surface area contributed by atoms with Crippen LogP contribution in [0.4, 0.5) is 0 Å². The van der Waals surface area contributed by atoms with Crippen LogP contribution in [0.3, 0.4) is 0 Å². The molecule has 1 aromatic rings. The predicted octanol–water partition coefficient (Wildman–Crippen LogP) is 2.40. The van der Waals surface area contributed by atoms with Gasteiger partial charge in [-0.25, -0.2) is 0 Å². The van der Waals surface area contributed by atoms with E-state index in [0.717, 1.165) is 18.7 Å². The van der Waals surface area contributed by atoms with Crippen molar-refractivity contribution in [2.45, 2.75) is 52.2 Å². The summed E-state index contributed by atoms with van der Waals surface area (Å²) in [5, 5.41) is 3.22. The van der Waals surface area contributed by atoms with Crippen LogP contribution in [0.1, 0.15) is 39.2 Å². The predicted molar refractivity (Wildman–Crippen MR) is 81.8 cm³/mol. The van der Waals surface area contributed by atoms with Gasteiger partial charge in [0.1, 0.15) is 5.75 Å². The average molecular weight is 278 g/mol. The van der Waals surface area contributed by atoms with E-state index in [9.17, 15) is 4.79 Å². The molecule has 4 heteroatoms. The molecule has 0 spiro atoms. The Bertz CT molecular complexity index is 431. The number of carbonyl (C=O) groups excluding carboxylic acids is 1. The number of rotatable bonds is 8. The van der Waals surface area contributed by atoms with Crippen LogP contribution in [0.5, 0.6) is 5.75 Å². The van der Waals surface area contributed by atoms with E-state index in [0.29, 0.717) is 6.42 Å². The maximum atomic E-state index is 11.7. The van der Waals surface area contributed by atoms with E-state index < -0.39 is 5.54 Å². The minimum Gasteiger partial charge on any atom is -0.491 e. The number of nitrogens with two attached hydrogens (primary N) is 1. The lowest BCUT2D eigenvalue weighted by Gasteiger charge is -2.30. The molecule has 1 amide bonds. The van der Waals surface area contributed by atoms with E-state index in [1.54, 1.807) is 0 Å². The minimum absolute atomic E-state index is 0.0976. The molecule has 0 heterocycles. The topological polar surface area (TPSA) is 64.3 Å². The molecule has 0 radical (unpaired) electrons. The van der Waals surface area contributed by atoms with Crippen LogP contribution in [0.15, 0.2) is 24.3 Å². The molecule has 0 aliphatic heterocycles. The minimum atomic E-state index is -0.736. The summed E-state index contributed by atoms with van der Waals surface area (Å²) >= 11 is 0. The van der Waals surface area contributed by atoms with Crippen molar-refractivity contribution in [3.05, 3.63) is 29.8 Å². The molecular formula is C16H26N2O2. The maximum Gasteiger partial charge on any atom is 0.237 e. The molecule has 0 fully saturated rings. The number of aryl methyl sites for hydroxylation is 1. The van der Waals surface area contributed by atoms with Gasteiger partial charge in [0.2, 0.25) is 5.91 Å². The molecule has 2 atom stereocenters. The van der Waals surface area contributed by atoms with Crippen LogP contribution in [0.2, 0.25) is 0 Å². The molecule has 112 valence electrons. The summed E-state index contributed by atoms with van der Waals surface area (Å²) in [5.41, 5.74) is 5.97. The lowest BCUT2D eigenvalue weighted by atomic mass is 9.93. The Morgan fingerprint density at radius 1 is 1.40 bits per heavy atom. The van der Waals surface area contributed by atoms with Crippen LogP contribution < -0.4 is 15.8 Å². The number of amides is 1. The number of nitrogens with one attached hydrogen (secondary N) is 1. The quantitative estimate of drug-likeness (QED) is 0.767. The summed E-state index contributed by atoms with van der Waals surface area (Å²) in [5.74, 6) is 0.468. The van der Waals surface area contributed by atoms with Gasteiger partial charge in [-0.05, 0) is 45.9 Å². The molecule has 0 saturated heterocycles. The van der Waals surface area contributed by atoms with Crippen molar-refractivity contribution in [3.8, 4) is 5.75 Å². The molecule has 0 aromatic heterocycles. The van der Waals surface area contributed by atoms with E-state index >= 15 is 0 Å². The molecule has 0 aliphatic rings. The normalized spacial score (nSPS) is 15.4. The first kappa shape index (κ1) is 16.5. The lowest BCUT2D eigenvalue weighted by Crippen LogP contribution is -2.55. The van der Waals surface area contributed by atoms with Crippen LogP contribution in [0, 0.1) is 6.92 Å². The Morgan fingerprint density at radius 3 is 2.50 bits per heavy atom. The Hall–Kier alpha value is -1.55. The second-order valence-electron chi connectivity index (χ2n) is 5.57. The van der Waals surface area contributed by atoms with Crippen molar-refractivity contribution in [2.75, 3.05) is 6.54 Å². The zero-order valence-electron chi connectivity index (χ0n) is 12.9. The Balaban J connectivity index is 2.64. The lowest BCUT2D eigenvalue weighted by molar-refractivity contribution is -0.124. The summed E-state index contributed by atoms with van der Waals surface area (Å²) in [6, 6.07) is 7.88. The molecule has 0 saturated carbocycles. The highest BCUT2D eigenvalue weighted by Gasteiger charge is 2.32. The fraction of sp³-hybridized carbons (Fsp3) is 0.562. The fourth-order valence-corrected chi connectivity index (χ4v) is 2.13. The number of benzene rings is 1. The first-order chi connectivity index (χ1) is 9.37. The van der Waals surface area contributed by atoms with Gasteiger partial charge in [-0.1, -0.05) is 24.6 Å². The van der Waals surface area contributed by atoms with Crippen molar-refractivity contribution in [3.63, 3.8) is 0 Å². The highest BCUT2D eigenvalue weighted by atomic mass is 16.5. The second kappa shape index (κ2) is 7.29. The number of hydrogen-bond donors (Lipinski definition) is 2. The Kier molecular flexibility index (Phi) is 6.02. The molecule has 0 aliphatic carbocycles. The van der Waals surface area contributed by atoms with E-state index in [1.807, 2.05) is 45.0 Å². The average Bonchev–Trinajstić information content (AvgIpc) is 2.39. The third kappa shape index (κ3) is 4.85.